The van der Waals surface area contributed by atoms with Crippen LogP contribution >= 0.6 is 0 Å². The average molecular weight is 482 g/mol. The highest BCUT2D eigenvalue weighted by molar-refractivity contribution is 5.82. The molecule has 0 unspecified atom stereocenters. The molecule has 0 bridgehead atoms. The molecule has 2 aromatic rings. The zero-order valence-electron chi connectivity index (χ0n) is 19.8. The minimum Gasteiger partial charge on any atom is -0.369 e. The van der Waals surface area contributed by atoms with Crippen LogP contribution in [0.4, 0.5) is 27.5 Å². The number of amides is 2. The molecule has 5 rings (SSSR count). The maximum Gasteiger partial charge on any atom is 0.229 e. The third-order valence-corrected chi connectivity index (χ3v) is 7.23. The van der Waals surface area contributed by atoms with E-state index in [0.717, 1.165) is 75.9 Å². The molecule has 0 spiro atoms. The van der Waals surface area contributed by atoms with Gasteiger partial charge in [-0.05, 0) is 43.9 Å². The number of carbonyl (C=O) groups is 2. The summed E-state index contributed by atoms with van der Waals surface area (Å²) in [5.41, 5.74) is 1.87. The molecule has 2 aliphatic heterocycles. The summed E-state index contributed by atoms with van der Waals surface area (Å²) in [6, 6.07) is 5.18. The summed E-state index contributed by atoms with van der Waals surface area (Å²) in [4.78, 5) is 37.2. The number of rotatable bonds is 8. The third kappa shape index (κ3) is 5.22. The van der Waals surface area contributed by atoms with Gasteiger partial charge in [-0.2, -0.15) is 4.98 Å². The molecule has 0 radical (unpaired) electrons. The lowest BCUT2D eigenvalue weighted by Gasteiger charge is -2.29. The lowest BCUT2D eigenvalue weighted by molar-refractivity contribution is -0.122. The maximum absolute atomic E-state index is 15.0. The van der Waals surface area contributed by atoms with Gasteiger partial charge >= 0.3 is 0 Å². The number of hydrogen-bond donors (Lipinski definition) is 3. The Balaban J connectivity index is 1.41. The molecule has 186 valence electrons. The van der Waals surface area contributed by atoms with Gasteiger partial charge in [0.2, 0.25) is 18.3 Å². The first-order valence-corrected chi connectivity index (χ1v) is 12.5. The lowest BCUT2D eigenvalue weighted by atomic mass is 9.99. The van der Waals surface area contributed by atoms with Crippen LogP contribution in [0.3, 0.4) is 0 Å². The summed E-state index contributed by atoms with van der Waals surface area (Å²) in [5.74, 6) is 0.188. The van der Waals surface area contributed by atoms with Crippen molar-refractivity contribution < 1.29 is 14.0 Å². The Kier molecular flexibility index (Phi) is 7.08. The van der Waals surface area contributed by atoms with Crippen LogP contribution < -0.4 is 25.8 Å². The normalized spacial score (nSPS) is 20.7. The van der Waals surface area contributed by atoms with Crippen LogP contribution in [-0.4, -0.2) is 61.1 Å². The highest BCUT2D eigenvalue weighted by Gasteiger charge is 2.30. The number of benzene rings is 1. The largest absolute Gasteiger partial charge is 0.369 e. The van der Waals surface area contributed by atoms with Crippen LogP contribution in [0.1, 0.15) is 37.7 Å². The number of nitrogens with zero attached hydrogens (tertiary/aromatic N) is 4. The van der Waals surface area contributed by atoms with E-state index in [2.05, 4.69) is 30.8 Å². The SMILES string of the molecule is O=CN(c1nc(Nc2ccc(N3CCNCC3)cc2F)ncc1C[C@@H]1CCNC1=O)C1CCCC1. The Bertz CT molecular complexity index is 1070. The Hall–Kier alpha value is -3.27. The fraction of sp³-hybridized carbons (Fsp3) is 0.520. The number of piperazine rings is 1. The first kappa shape index (κ1) is 23.5. The molecule has 3 N–H and O–H groups in total. The quantitative estimate of drug-likeness (QED) is 0.498. The smallest absolute Gasteiger partial charge is 0.229 e. The molecular formula is C25H32FN7O2. The van der Waals surface area contributed by atoms with Gasteiger partial charge in [-0.25, -0.2) is 9.37 Å². The summed E-state index contributed by atoms with van der Waals surface area (Å²) in [6.07, 6.45) is 7.65. The molecule has 1 aliphatic carbocycles. The molecule has 10 heteroatoms. The monoisotopic (exact) mass is 481 g/mol. The fourth-order valence-corrected chi connectivity index (χ4v) is 5.27. The van der Waals surface area contributed by atoms with Crippen molar-refractivity contribution in [3.05, 3.63) is 35.8 Å². The highest BCUT2D eigenvalue weighted by Crippen LogP contribution is 2.32. The molecule has 9 nitrogen and oxygen atoms in total. The van der Waals surface area contributed by atoms with Crippen molar-refractivity contribution in [3.63, 3.8) is 0 Å². The van der Waals surface area contributed by atoms with Crippen LogP contribution in [0, 0.1) is 11.7 Å². The van der Waals surface area contributed by atoms with Crippen molar-refractivity contribution in [2.75, 3.05) is 47.8 Å². The fourth-order valence-electron chi connectivity index (χ4n) is 5.27. The molecule has 3 fully saturated rings. The first-order valence-electron chi connectivity index (χ1n) is 12.5. The standard InChI is InChI=1S/C25H32FN7O2/c26-21-14-20(32-11-9-27-10-12-32)5-6-22(21)30-25-29-15-18(13-17-7-8-28-24(17)35)23(31-25)33(16-34)19-3-1-2-4-19/h5-6,14-17,19,27H,1-4,7-13H2,(H,28,35)(H,29,30,31)/t17-/m0/s1. The molecule has 2 saturated heterocycles. The summed E-state index contributed by atoms with van der Waals surface area (Å²) in [5, 5.41) is 9.15. The minimum absolute atomic E-state index is 0.0170. The van der Waals surface area contributed by atoms with Crippen LogP contribution in [0.25, 0.3) is 0 Å². The van der Waals surface area contributed by atoms with Gasteiger partial charge in [0.1, 0.15) is 11.6 Å². The van der Waals surface area contributed by atoms with E-state index in [1.165, 1.54) is 6.07 Å². The van der Waals surface area contributed by atoms with E-state index >= 15 is 0 Å². The van der Waals surface area contributed by atoms with Gasteiger partial charge in [-0.1, -0.05) is 12.8 Å². The molecule has 1 aromatic heterocycles. The second kappa shape index (κ2) is 10.6. The summed E-state index contributed by atoms with van der Waals surface area (Å²) in [6.45, 7) is 4.08. The van der Waals surface area contributed by atoms with E-state index in [4.69, 9.17) is 0 Å². The molecule has 1 saturated carbocycles. The van der Waals surface area contributed by atoms with Crippen LogP contribution in [0.15, 0.2) is 24.4 Å². The molecule has 3 heterocycles. The molecule has 1 aromatic carbocycles. The maximum atomic E-state index is 15.0. The highest BCUT2D eigenvalue weighted by atomic mass is 19.1. The van der Waals surface area contributed by atoms with Crippen molar-refractivity contribution in [1.82, 2.24) is 20.6 Å². The number of aromatic nitrogens is 2. The topological polar surface area (TPSA) is 102 Å². The molecular weight excluding hydrogens is 449 g/mol. The number of halogens is 1. The van der Waals surface area contributed by atoms with Crippen molar-refractivity contribution in [1.29, 1.82) is 0 Å². The molecule has 3 aliphatic rings. The van der Waals surface area contributed by atoms with Gasteiger partial charge in [0.25, 0.3) is 0 Å². The van der Waals surface area contributed by atoms with Gasteiger partial charge < -0.3 is 20.9 Å². The van der Waals surface area contributed by atoms with E-state index < -0.39 is 0 Å². The van der Waals surface area contributed by atoms with E-state index in [1.807, 2.05) is 6.07 Å². The van der Waals surface area contributed by atoms with Crippen molar-refractivity contribution in [2.24, 2.45) is 5.92 Å². The third-order valence-electron chi connectivity index (χ3n) is 7.23. The lowest BCUT2D eigenvalue weighted by Crippen LogP contribution is -2.43. The first-order chi connectivity index (χ1) is 17.1. The van der Waals surface area contributed by atoms with Gasteiger partial charge in [0.15, 0.2) is 0 Å². The number of anilines is 4. The number of carbonyl (C=O) groups excluding carboxylic acids is 2. The zero-order chi connectivity index (χ0) is 24.2. The van der Waals surface area contributed by atoms with Crippen molar-refractivity contribution in [2.45, 2.75) is 44.6 Å². The summed E-state index contributed by atoms with van der Waals surface area (Å²) >= 11 is 0. The minimum atomic E-state index is -0.388. The number of hydrogen-bond acceptors (Lipinski definition) is 7. The van der Waals surface area contributed by atoms with Gasteiger partial charge in [-0.3, -0.25) is 14.5 Å². The van der Waals surface area contributed by atoms with Crippen LogP contribution in [0.2, 0.25) is 0 Å². The predicted molar refractivity (Wildman–Crippen MR) is 132 cm³/mol. The molecule has 35 heavy (non-hydrogen) atoms. The van der Waals surface area contributed by atoms with Crippen LogP contribution in [0.5, 0.6) is 0 Å². The Morgan fingerprint density at radius 3 is 2.66 bits per heavy atom. The van der Waals surface area contributed by atoms with Gasteiger partial charge in [0.05, 0.1) is 5.69 Å². The second-order valence-electron chi connectivity index (χ2n) is 9.50. The second-order valence-corrected chi connectivity index (χ2v) is 9.50. The van der Waals surface area contributed by atoms with Gasteiger partial charge in [-0.15, -0.1) is 0 Å². The molecule has 1 atom stereocenters. The van der Waals surface area contributed by atoms with Crippen molar-refractivity contribution >= 4 is 35.5 Å². The summed E-state index contributed by atoms with van der Waals surface area (Å²) in [7, 11) is 0. The van der Waals surface area contributed by atoms with Gasteiger partial charge in [0, 0.05) is 62.1 Å². The zero-order valence-corrected chi connectivity index (χ0v) is 19.8. The Labute approximate surface area is 204 Å². The van der Waals surface area contributed by atoms with E-state index in [9.17, 15) is 14.0 Å². The average Bonchev–Trinajstić information content (AvgIpc) is 3.55. The molecule has 2 amide bonds. The van der Waals surface area contributed by atoms with E-state index in [-0.39, 0.29) is 35.3 Å². The van der Waals surface area contributed by atoms with Crippen LogP contribution in [-0.2, 0) is 16.0 Å². The number of nitrogens with one attached hydrogen (secondary N) is 3. The van der Waals surface area contributed by atoms with E-state index in [0.29, 0.717) is 18.8 Å². The van der Waals surface area contributed by atoms with Crippen molar-refractivity contribution in [3.8, 4) is 0 Å². The van der Waals surface area contributed by atoms with E-state index in [1.54, 1.807) is 17.2 Å². The summed E-state index contributed by atoms with van der Waals surface area (Å²) < 4.78 is 15.0. The predicted octanol–water partition coefficient (Wildman–Crippen LogP) is 2.35. The Morgan fingerprint density at radius 2 is 1.97 bits per heavy atom. The Morgan fingerprint density at radius 1 is 1.17 bits per heavy atom.